The number of nitrogens with zero attached hydrogens (tertiary/aromatic N) is 3. The molecule has 0 radical (unpaired) electrons. The van der Waals surface area contributed by atoms with Crippen molar-refractivity contribution in [2.45, 2.75) is 45.6 Å². The van der Waals surface area contributed by atoms with E-state index in [4.69, 9.17) is 4.74 Å². The first-order chi connectivity index (χ1) is 8.72. The number of pyridine rings is 1. The Kier molecular flexibility index (Phi) is 2.94. The summed E-state index contributed by atoms with van der Waals surface area (Å²) < 4.78 is 8.03. The third kappa shape index (κ3) is 2.19. The van der Waals surface area contributed by atoms with Crippen molar-refractivity contribution in [3.8, 4) is 5.75 Å². The van der Waals surface area contributed by atoms with Gasteiger partial charge in [-0.3, -0.25) is 4.40 Å². The molecule has 0 aromatic carbocycles. The molecule has 0 saturated heterocycles. The van der Waals surface area contributed by atoms with Crippen LogP contribution in [-0.2, 0) is 0 Å². The fourth-order valence-corrected chi connectivity index (χ4v) is 2.60. The Morgan fingerprint density at radius 1 is 1.17 bits per heavy atom. The van der Waals surface area contributed by atoms with Crippen LogP contribution in [0.4, 0.5) is 0 Å². The molecular weight excluding hydrogens is 226 g/mol. The Morgan fingerprint density at radius 2 is 1.94 bits per heavy atom. The van der Waals surface area contributed by atoms with Crippen molar-refractivity contribution in [3.05, 3.63) is 24.2 Å². The molecule has 96 valence electrons. The van der Waals surface area contributed by atoms with Gasteiger partial charge in [0.2, 0.25) is 0 Å². The topological polar surface area (TPSA) is 39.4 Å². The van der Waals surface area contributed by atoms with Gasteiger partial charge in [-0.05, 0) is 50.7 Å². The van der Waals surface area contributed by atoms with Crippen molar-refractivity contribution in [1.82, 2.24) is 14.6 Å². The molecule has 18 heavy (non-hydrogen) atoms. The summed E-state index contributed by atoms with van der Waals surface area (Å²) in [6.45, 7) is 4.27. The van der Waals surface area contributed by atoms with Crippen molar-refractivity contribution in [2.24, 2.45) is 5.92 Å². The predicted molar refractivity (Wildman–Crippen MR) is 69.8 cm³/mol. The molecular formula is C14H19N3O. The van der Waals surface area contributed by atoms with Crippen LogP contribution in [0.25, 0.3) is 5.65 Å². The highest BCUT2D eigenvalue weighted by Gasteiger charge is 2.19. The molecule has 2 heterocycles. The van der Waals surface area contributed by atoms with Crippen LogP contribution in [0, 0.1) is 12.8 Å². The monoisotopic (exact) mass is 245 g/mol. The second-order valence-corrected chi connectivity index (χ2v) is 5.34. The van der Waals surface area contributed by atoms with Gasteiger partial charge in [0.1, 0.15) is 11.6 Å². The summed E-state index contributed by atoms with van der Waals surface area (Å²) >= 11 is 0. The molecule has 0 bridgehead atoms. The lowest BCUT2D eigenvalue weighted by atomic mass is 9.89. The normalized spacial score (nSPS) is 24.3. The van der Waals surface area contributed by atoms with E-state index in [2.05, 4.69) is 17.1 Å². The molecule has 0 amide bonds. The van der Waals surface area contributed by atoms with E-state index >= 15 is 0 Å². The number of fused-ring (bicyclic) bond motifs is 1. The molecule has 1 aliphatic carbocycles. The maximum atomic E-state index is 6.06. The van der Waals surface area contributed by atoms with Crippen LogP contribution >= 0.6 is 0 Å². The SMILES string of the molecule is Cc1nnc2ccc(OC3CCC(C)CC3)cn12. The predicted octanol–water partition coefficient (Wildman–Crippen LogP) is 3.00. The van der Waals surface area contributed by atoms with Gasteiger partial charge in [0, 0.05) is 0 Å². The molecule has 4 heteroatoms. The first kappa shape index (κ1) is 11.5. The first-order valence-electron chi connectivity index (χ1n) is 6.70. The van der Waals surface area contributed by atoms with E-state index in [-0.39, 0.29) is 0 Å². The molecule has 1 fully saturated rings. The van der Waals surface area contributed by atoms with Gasteiger partial charge in [0.25, 0.3) is 0 Å². The van der Waals surface area contributed by atoms with E-state index < -0.39 is 0 Å². The Bertz CT molecular complexity index is 541. The zero-order valence-corrected chi connectivity index (χ0v) is 11.0. The maximum Gasteiger partial charge on any atom is 0.161 e. The second-order valence-electron chi connectivity index (χ2n) is 5.34. The lowest BCUT2D eigenvalue weighted by molar-refractivity contribution is 0.135. The van der Waals surface area contributed by atoms with E-state index in [1.165, 1.54) is 25.7 Å². The van der Waals surface area contributed by atoms with Gasteiger partial charge in [0.15, 0.2) is 5.65 Å². The Hall–Kier alpha value is -1.58. The highest BCUT2D eigenvalue weighted by Crippen LogP contribution is 2.27. The second kappa shape index (κ2) is 4.59. The smallest absolute Gasteiger partial charge is 0.161 e. The molecule has 4 nitrogen and oxygen atoms in total. The van der Waals surface area contributed by atoms with Gasteiger partial charge in [-0.15, -0.1) is 10.2 Å². The Morgan fingerprint density at radius 3 is 2.72 bits per heavy atom. The molecule has 2 aromatic heterocycles. The summed E-state index contributed by atoms with van der Waals surface area (Å²) in [7, 11) is 0. The van der Waals surface area contributed by atoms with Crippen LogP contribution in [0.15, 0.2) is 18.3 Å². The summed E-state index contributed by atoms with van der Waals surface area (Å²) in [4.78, 5) is 0. The lowest BCUT2D eigenvalue weighted by Gasteiger charge is -2.26. The van der Waals surface area contributed by atoms with Gasteiger partial charge in [-0.25, -0.2) is 0 Å². The molecule has 0 unspecified atom stereocenters. The number of aromatic nitrogens is 3. The summed E-state index contributed by atoms with van der Waals surface area (Å²) in [6, 6.07) is 3.95. The first-order valence-corrected chi connectivity index (χ1v) is 6.70. The molecule has 0 atom stereocenters. The quantitative estimate of drug-likeness (QED) is 0.816. The van der Waals surface area contributed by atoms with Gasteiger partial charge in [0.05, 0.1) is 12.3 Å². The molecule has 0 aliphatic heterocycles. The molecule has 2 aromatic rings. The van der Waals surface area contributed by atoms with Crippen LogP contribution in [0.1, 0.15) is 38.4 Å². The average Bonchev–Trinajstić information content (AvgIpc) is 2.74. The molecule has 0 N–H and O–H groups in total. The molecule has 1 saturated carbocycles. The van der Waals surface area contributed by atoms with Crippen LogP contribution in [0.5, 0.6) is 5.75 Å². The average molecular weight is 245 g/mol. The fraction of sp³-hybridized carbons (Fsp3) is 0.571. The van der Waals surface area contributed by atoms with Gasteiger partial charge < -0.3 is 4.74 Å². The molecule has 0 spiro atoms. The van der Waals surface area contributed by atoms with Crippen LogP contribution in [-0.4, -0.2) is 20.7 Å². The van der Waals surface area contributed by atoms with Crippen LogP contribution in [0.2, 0.25) is 0 Å². The van der Waals surface area contributed by atoms with Gasteiger partial charge in [-0.1, -0.05) is 6.92 Å². The van der Waals surface area contributed by atoms with Crippen molar-refractivity contribution >= 4 is 5.65 Å². The van der Waals surface area contributed by atoms with Crippen LogP contribution in [0.3, 0.4) is 0 Å². The zero-order valence-electron chi connectivity index (χ0n) is 11.0. The highest BCUT2D eigenvalue weighted by molar-refractivity contribution is 5.41. The minimum atomic E-state index is 0.371. The number of hydrogen-bond acceptors (Lipinski definition) is 3. The summed E-state index contributed by atoms with van der Waals surface area (Å²) in [5, 5.41) is 8.12. The van der Waals surface area contributed by atoms with E-state index in [9.17, 15) is 0 Å². The maximum absolute atomic E-state index is 6.06. The lowest BCUT2D eigenvalue weighted by Crippen LogP contribution is -2.23. The number of hydrogen-bond donors (Lipinski definition) is 0. The Balaban J connectivity index is 1.76. The molecule has 3 rings (SSSR count). The third-order valence-electron chi connectivity index (χ3n) is 3.81. The van der Waals surface area contributed by atoms with Crippen molar-refractivity contribution in [1.29, 1.82) is 0 Å². The Labute approximate surface area is 107 Å². The third-order valence-corrected chi connectivity index (χ3v) is 3.81. The van der Waals surface area contributed by atoms with Crippen molar-refractivity contribution in [2.75, 3.05) is 0 Å². The van der Waals surface area contributed by atoms with Gasteiger partial charge in [-0.2, -0.15) is 0 Å². The summed E-state index contributed by atoms with van der Waals surface area (Å²) in [5.74, 6) is 2.67. The van der Waals surface area contributed by atoms with E-state index in [1.54, 1.807) is 0 Å². The summed E-state index contributed by atoms with van der Waals surface area (Å²) in [6.07, 6.45) is 7.25. The van der Waals surface area contributed by atoms with E-state index in [0.717, 1.165) is 23.1 Å². The fourth-order valence-electron chi connectivity index (χ4n) is 2.60. The minimum absolute atomic E-state index is 0.371. The number of rotatable bonds is 2. The zero-order chi connectivity index (χ0) is 12.5. The van der Waals surface area contributed by atoms with E-state index in [0.29, 0.717) is 6.10 Å². The minimum Gasteiger partial charge on any atom is -0.489 e. The van der Waals surface area contributed by atoms with Crippen LogP contribution < -0.4 is 4.74 Å². The highest BCUT2D eigenvalue weighted by atomic mass is 16.5. The van der Waals surface area contributed by atoms with E-state index in [1.807, 2.05) is 29.7 Å². The largest absolute Gasteiger partial charge is 0.489 e. The van der Waals surface area contributed by atoms with Gasteiger partial charge >= 0.3 is 0 Å². The number of ether oxygens (including phenoxy) is 1. The number of aryl methyl sites for hydroxylation is 1. The van der Waals surface area contributed by atoms with Crippen molar-refractivity contribution < 1.29 is 4.74 Å². The standard InChI is InChI=1S/C14H19N3O/c1-10-3-5-12(6-4-10)18-13-7-8-14-16-15-11(2)17(14)9-13/h7-10,12H,3-6H2,1-2H3. The van der Waals surface area contributed by atoms with Crippen molar-refractivity contribution in [3.63, 3.8) is 0 Å². The summed E-state index contributed by atoms with van der Waals surface area (Å²) in [5.41, 5.74) is 0.872. The molecule has 1 aliphatic rings.